The van der Waals surface area contributed by atoms with Crippen molar-refractivity contribution < 1.29 is 0 Å². The van der Waals surface area contributed by atoms with Gasteiger partial charge in [-0.15, -0.1) is 0 Å². The summed E-state index contributed by atoms with van der Waals surface area (Å²) in [4.78, 5) is 14.1. The summed E-state index contributed by atoms with van der Waals surface area (Å²) in [5.41, 5.74) is 4.08. The highest BCUT2D eigenvalue weighted by Gasteiger charge is 2.41. The molecular formula is C26H27N7. The van der Waals surface area contributed by atoms with Crippen LogP contribution in [0.4, 0.5) is 11.6 Å². The second-order valence-corrected chi connectivity index (χ2v) is 9.18. The van der Waals surface area contributed by atoms with Gasteiger partial charge < -0.3 is 10.2 Å². The normalized spacial score (nSPS) is 20.0. The summed E-state index contributed by atoms with van der Waals surface area (Å²) in [6.07, 6.45) is 8.90. The number of aryl methyl sites for hydroxylation is 1. The van der Waals surface area contributed by atoms with Crippen LogP contribution in [0.15, 0.2) is 67.8 Å². The molecule has 2 atom stereocenters. The highest BCUT2D eigenvalue weighted by atomic mass is 15.4. The Bertz CT molecular complexity index is 1360. The molecule has 0 radical (unpaired) electrons. The topological polar surface area (TPSA) is 62.1 Å². The Morgan fingerprint density at radius 2 is 1.88 bits per heavy atom. The zero-order valence-corrected chi connectivity index (χ0v) is 18.9. The van der Waals surface area contributed by atoms with E-state index in [9.17, 15) is 0 Å². The van der Waals surface area contributed by atoms with E-state index in [1.54, 1.807) is 0 Å². The van der Waals surface area contributed by atoms with Gasteiger partial charge in [-0.1, -0.05) is 18.7 Å². The van der Waals surface area contributed by atoms with Crippen LogP contribution in [0.1, 0.15) is 12.0 Å². The molecular weight excluding hydrogens is 410 g/mol. The van der Waals surface area contributed by atoms with Crippen molar-refractivity contribution in [1.29, 1.82) is 0 Å². The van der Waals surface area contributed by atoms with E-state index in [0.29, 0.717) is 12.1 Å². The van der Waals surface area contributed by atoms with E-state index < -0.39 is 0 Å². The molecule has 2 unspecified atom stereocenters. The van der Waals surface area contributed by atoms with Crippen LogP contribution >= 0.6 is 0 Å². The SMILES string of the molecule is C=C(Nc1cc2cc(-c3cnn(C)c3)ccc2cn1)c1ccnc(N2CC3CC2CN3C)c1. The average molecular weight is 438 g/mol. The van der Waals surface area contributed by atoms with Gasteiger partial charge in [0.05, 0.1) is 6.20 Å². The summed E-state index contributed by atoms with van der Waals surface area (Å²) < 4.78 is 1.82. The van der Waals surface area contributed by atoms with Gasteiger partial charge in [-0.2, -0.15) is 5.10 Å². The van der Waals surface area contributed by atoms with Gasteiger partial charge in [0.25, 0.3) is 0 Å². The second kappa shape index (κ2) is 7.71. The van der Waals surface area contributed by atoms with E-state index in [4.69, 9.17) is 0 Å². The number of rotatable bonds is 5. The van der Waals surface area contributed by atoms with Gasteiger partial charge in [-0.25, -0.2) is 9.97 Å². The molecule has 0 saturated carbocycles. The van der Waals surface area contributed by atoms with Crippen molar-refractivity contribution in [2.24, 2.45) is 7.05 Å². The predicted octanol–water partition coefficient (Wildman–Crippen LogP) is 4.01. The minimum Gasteiger partial charge on any atom is -0.351 e. The van der Waals surface area contributed by atoms with E-state index in [-0.39, 0.29) is 0 Å². The van der Waals surface area contributed by atoms with Gasteiger partial charge in [0.1, 0.15) is 11.6 Å². The van der Waals surface area contributed by atoms with E-state index in [2.05, 4.69) is 74.1 Å². The van der Waals surface area contributed by atoms with Gasteiger partial charge >= 0.3 is 0 Å². The Hall–Kier alpha value is -3.71. The molecule has 1 aromatic carbocycles. The van der Waals surface area contributed by atoms with Crippen LogP contribution in [-0.4, -0.2) is 56.9 Å². The van der Waals surface area contributed by atoms with Gasteiger partial charge in [0, 0.05) is 73.0 Å². The lowest BCUT2D eigenvalue weighted by atomic mass is 10.0. The summed E-state index contributed by atoms with van der Waals surface area (Å²) in [6, 6.07) is 13.8. The molecule has 2 fully saturated rings. The highest BCUT2D eigenvalue weighted by Crippen LogP contribution is 2.33. The van der Waals surface area contributed by atoms with Crippen LogP contribution < -0.4 is 10.2 Å². The van der Waals surface area contributed by atoms with Crippen molar-refractivity contribution in [2.75, 3.05) is 30.4 Å². The first-order chi connectivity index (χ1) is 16.0. The molecule has 0 aliphatic carbocycles. The fourth-order valence-corrected chi connectivity index (χ4v) is 5.10. The van der Waals surface area contributed by atoms with Crippen LogP contribution in [0.3, 0.4) is 0 Å². The minimum atomic E-state index is 0.556. The van der Waals surface area contributed by atoms with Crippen molar-refractivity contribution >= 4 is 28.1 Å². The van der Waals surface area contributed by atoms with Crippen molar-refractivity contribution in [3.05, 3.63) is 73.3 Å². The average Bonchev–Trinajstić information content (AvgIpc) is 3.54. The zero-order chi connectivity index (χ0) is 22.5. The number of likely N-dealkylation sites (tertiary alicyclic amines) is 1. The Kier molecular flexibility index (Phi) is 4.66. The summed E-state index contributed by atoms with van der Waals surface area (Å²) in [7, 11) is 4.15. The molecule has 7 heteroatoms. The molecule has 2 bridgehead atoms. The molecule has 5 heterocycles. The fraction of sp³-hybridized carbons (Fsp3) is 0.269. The number of fused-ring (bicyclic) bond motifs is 3. The zero-order valence-electron chi connectivity index (χ0n) is 18.9. The first-order valence-electron chi connectivity index (χ1n) is 11.3. The molecule has 166 valence electrons. The maximum Gasteiger partial charge on any atom is 0.130 e. The van der Waals surface area contributed by atoms with E-state index in [1.807, 2.05) is 42.6 Å². The molecule has 2 aliphatic rings. The van der Waals surface area contributed by atoms with Crippen LogP contribution in [0.5, 0.6) is 0 Å². The summed E-state index contributed by atoms with van der Waals surface area (Å²) in [5.74, 6) is 1.81. The van der Waals surface area contributed by atoms with Crippen LogP contribution in [0.2, 0.25) is 0 Å². The van der Waals surface area contributed by atoms with Gasteiger partial charge in [0.2, 0.25) is 0 Å². The number of hydrogen-bond donors (Lipinski definition) is 1. The number of hydrogen-bond acceptors (Lipinski definition) is 6. The van der Waals surface area contributed by atoms with E-state index >= 15 is 0 Å². The number of nitrogens with zero attached hydrogens (tertiary/aromatic N) is 6. The second-order valence-electron chi connectivity index (χ2n) is 9.18. The Labute approximate surface area is 193 Å². The van der Waals surface area contributed by atoms with Gasteiger partial charge in [-0.05, 0) is 48.7 Å². The lowest BCUT2D eigenvalue weighted by Crippen LogP contribution is -2.44. The first kappa shape index (κ1) is 19.9. The molecule has 1 N–H and O–H groups in total. The molecule has 7 nitrogen and oxygen atoms in total. The van der Waals surface area contributed by atoms with E-state index in [1.165, 1.54) is 6.42 Å². The standard InChI is InChI=1S/C26H27N7/c1-17(18-6-7-27-26(10-18)33-16-23-11-24(33)15-31(23)2)30-25-9-21-8-19(4-5-20(21)12-28-25)22-13-29-32(3)14-22/h4-10,12-14,23-24H,1,11,15-16H2,2-3H3,(H,28,30). The fourth-order valence-electron chi connectivity index (χ4n) is 5.10. The molecule has 4 aromatic rings. The maximum atomic E-state index is 4.65. The number of nitrogens with one attached hydrogen (secondary N) is 1. The van der Waals surface area contributed by atoms with Crippen molar-refractivity contribution in [2.45, 2.75) is 18.5 Å². The molecule has 2 aliphatic heterocycles. The van der Waals surface area contributed by atoms with Crippen LogP contribution in [0.25, 0.3) is 27.6 Å². The third kappa shape index (κ3) is 3.64. The lowest BCUT2D eigenvalue weighted by molar-refractivity contribution is 0.292. The summed E-state index contributed by atoms with van der Waals surface area (Å²) >= 11 is 0. The monoisotopic (exact) mass is 437 g/mol. The summed E-state index contributed by atoms with van der Waals surface area (Å²) in [6.45, 7) is 6.43. The number of likely N-dealkylation sites (N-methyl/N-ethyl adjacent to an activating group) is 1. The maximum absolute atomic E-state index is 4.65. The molecule has 0 amide bonds. The Morgan fingerprint density at radius 3 is 2.64 bits per heavy atom. The minimum absolute atomic E-state index is 0.556. The smallest absolute Gasteiger partial charge is 0.130 e. The highest BCUT2D eigenvalue weighted by molar-refractivity contribution is 5.89. The molecule has 6 rings (SSSR count). The number of benzene rings is 1. The van der Waals surface area contributed by atoms with Crippen LogP contribution in [-0.2, 0) is 7.05 Å². The Morgan fingerprint density at radius 1 is 0.970 bits per heavy atom. The predicted molar refractivity (Wildman–Crippen MR) is 133 cm³/mol. The number of piperazine rings is 1. The quantitative estimate of drug-likeness (QED) is 0.509. The van der Waals surface area contributed by atoms with Crippen molar-refractivity contribution in [3.63, 3.8) is 0 Å². The molecule has 0 spiro atoms. The molecule has 33 heavy (non-hydrogen) atoms. The van der Waals surface area contributed by atoms with Crippen molar-refractivity contribution in [1.82, 2.24) is 24.6 Å². The Balaban J connectivity index is 1.23. The largest absolute Gasteiger partial charge is 0.351 e. The van der Waals surface area contributed by atoms with E-state index in [0.717, 1.165) is 57.9 Å². The third-order valence-electron chi connectivity index (χ3n) is 6.94. The third-order valence-corrected chi connectivity index (χ3v) is 6.94. The number of pyridine rings is 2. The van der Waals surface area contributed by atoms with Gasteiger partial charge in [0.15, 0.2) is 0 Å². The molecule has 2 saturated heterocycles. The summed E-state index contributed by atoms with van der Waals surface area (Å²) in [5, 5.41) is 9.90. The van der Waals surface area contributed by atoms with Crippen LogP contribution in [0, 0.1) is 0 Å². The molecule has 3 aromatic heterocycles. The number of aromatic nitrogens is 4. The van der Waals surface area contributed by atoms with Crippen molar-refractivity contribution in [3.8, 4) is 11.1 Å². The first-order valence-corrected chi connectivity index (χ1v) is 11.3. The lowest BCUT2D eigenvalue weighted by Gasteiger charge is -2.33. The van der Waals surface area contributed by atoms with Gasteiger partial charge in [-0.3, -0.25) is 9.58 Å². The number of anilines is 2.